The van der Waals surface area contributed by atoms with Crippen molar-refractivity contribution in [1.82, 2.24) is 0 Å². The van der Waals surface area contributed by atoms with Gasteiger partial charge >= 0.3 is 0 Å². The van der Waals surface area contributed by atoms with Gasteiger partial charge in [0.15, 0.2) is 5.78 Å². The van der Waals surface area contributed by atoms with Crippen molar-refractivity contribution in [1.29, 1.82) is 0 Å². The van der Waals surface area contributed by atoms with Gasteiger partial charge in [-0.05, 0) is 25.0 Å². The van der Waals surface area contributed by atoms with Gasteiger partial charge in [0, 0.05) is 12.5 Å². The Morgan fingerprint density at radius 1 is 1.41 bits per heavy atom. The highest BCUT2D eigenvalue weighted by molar-refractivity contribution is 5.99. The fourth-order valence-corrected chi connectivity index (χ4v) is 1.60. The minimum absolute atomic E-state index is 0.0479. The number of rotatable bonds is 5. The summed E-state index contributed by atoms with van der Waals surface area (Å²) in [6.07, 6.45) is 0.359. The maximum absolute atomic E-state index is 12.1. The number of hydrogen-bond donors (Lipinski definition) is 1. The van der Waals surface area contributed by atoms with E-state index in [0.717, 1.165) is 5.56 Å². The van der Waals surface area contributed by atoms with E-state index in [4.69, 9.17) is 10.5 Å². The van der Waals surface area contributed by atoms with Crippen molar-refractivity contribution in [2.24, 2.45) is 11.7 Å². The Kier molecular flexibility index (Phi) is 4.70. The van der Waals surface area contributed by atoms with Gasteiger partial charge in [-0.25, -0.2) is 0 Å². The van der Waals surface area contributed by atoms with E-state index in [1.54, 1.807) is 7.11 Å². The zero-order valence-corrected chi connectivity index (χ0v) is 11.0. The molecule has 2 N–H and O–H groups in total. The van der Waals surface area contributed by atoms with Crippen LogP contribution in [-0.2, 0) is 0 Å². The Labute approximate surface area is 103 Å². The minimum atomic E-state index is -0.104. The number of hydrogen-bond acceptors (Lipinski definition) is 3. The van der Waals surface area contributed by atoms with Crippen LogP contribution in [0.5, 0.6) is 5.75 Å². The average molecular weight is 235 g/mol. The molecule has 0 fully saturated rings. The molecule has 1 atom stereocenters. The standard InChI is InChI=1S/C14H21NO2/c1-9(2)12(15)8-13(16)11-7-10(3)5-6-14(11)17-4/h5-7,9,12H,8,15H2,1-4H3. The third kappa shape index (κ3) is 3.56. The molecule has 0 saturated carbocycles. The van der Waals surface area contributed by atoms with Gasteiger partial charge in [-0.3, -0.25) is 4.79 Å². The summed E-state index contributed by atoms with van der Waals surface area (Å²) in [5.41, 5.74) is 7.60. The van der Waals surface area contributed by atoms with Gasteiger partial charge in [0.2, 0.25) is 0 Å². The van der Waals surface area contributed by atoms with Crippen LogP contribution in [0.2, 0.25) is 0 Å². The van der Waals surface area contributed by atoms with E-state index in [-0.39, 0.29) is 11.8 Å². The van der Waals surface area contributed by atoms with E-state index < -0.39 is 0 Å². The molecule has 0 saturated heterocycles. The summed E-state index contributed by atoms with van der Waals surface area (Å²) in [6, 6.07) is 5.50. The average Bonchev–Trinajstić information content (AvgIpc) is 2.28. The van der Waals surface area contributed by atoms with Crippen LogP contribution in [0.1, 0.15) is 36.2 Å². The first-order valence-electron chi connectivity index (χ1n) is 5.89. The number of nitrogens with two attached hydrogens (primary N) is 1. The lowest BCUT2D eigenvalue weighted by Crippen LogP contribution is -2.29. The van der Waals surface area contributed by atoms with Crippen LogP contribution in [0.3, 0.4) is 0 Å². The topological polar surface area (TPSA) is 52.3 Å². The first-order valence-corrected chi connectivity index (χ1v) is 5.89. The van der Waals surface area contributed by atoms with E-state index in [9.17, 15) is 4.79 Å². The Morgan fingerprint density at radius 3 is 2.59 bits per heavy atom. The van der Waals surface area contributed by atoms with Crippen LogP contribution >= 0.6 is 0 Å². The lowest BCUT2D eigenvalue weighted by atomic mass is 9.95. The fraction of sp³-hybridized carbons (Fsp3) is 0.500. The summed E-state index contributed by atoms with van der Waals surface area (Å²) in [5, 5.41) is 0. The second-order valence-corrected chi connectivity index (χ2v) is 4.74. The molecule has 0 amide bonds. The molecule has 0 radical (unpaired) electrons. The number of ketones is 1. The summed E-state index contributed by atoms with van der Waals surface area (Å²) in [6.45, 7) is 6.00. The summed E-state index contributed by atoms with van der Waals surface area (Å²) in [7, 11) is 1.57. The van der Waals surface area contributed by atoms with E-state index in [0.29, 0.717) is 23.7 Å². The van der Waals surface area contributed by atoms with Crippen molar-refractivity contribution >= 4 is 5.78 Å². The number of carbonyl (C=O) groups excluding carboxylic acids is 1. The van der Waals surface area contributed by atoms with Gasteiger partial charge in [0.1, 0.15) is 5.75 Å². The van der Waals surface area contributed by atoms with E-state index >= 15 is 0 Å². The molecular weight excluding hydrogens is 214 g/mol. The Balaban J connectivity index is 2.91. The summed E-state index contributed by atoms with van der Waals surface area (Å²) in [4.78, 5) is 12.1. The molecule has 1 aromatic rings. The molecule has 0 bridgehead atoms. The van der Waals surface area contributed by atoms with Crippen LogP contribution in [0.15, 0.2) is 18.2 Å². The highest BCUT2D eigenvalue weighted by Gasteiger charge is 2.17. The van der Waals surface area contributed by atoms with Crippen LogP contribution in [0.25, 0.3) is 0 Å². The van der Waals surface area contributed by atoms with Crippen molar-refractivity contribution in [3.8, 4) is 5.75 Å². The van der Waals surface area contributed by atoms with Crippen molar-refractivity contribution < 1.29 is 9.53 Å². The second-order valence-electron chi connectivity index (χ2n) is 4.74. The number of aryl methyl sites for hydroxylation is 1. The summed E-state index contributed by atoms with van der Waals surface area (Å²) in [5.74, 6) is 0.970. The van der Waals surface area contributed by atoms with E-state index in [1.165, 1.54) is 0 Å². The monoisotopic (exact) mass is 235 g/mol. The predicted octanol–water partition coefficient (Wildman–Crippen LogP) is 2.56. The molecule has 0 heterocycles. The largest absolute Gasteiger partial charge is 0.496 e. The van der Waals surface area contributed by atoms with Gasteiger partial charge in [0.25, 0.3) is 0 Å². The Bertz CT molecular complexity index is 399. The molecule has 94 valence electrons. The van der Waals surface area contributed by atoms with E-state index in [2.05, 4.69) is 0 Å². The maximum Gasteiger partial charge on any atom is 0.168 e. The molecule has 3 nitrogen and oxygen atoms in total. The minimum Gasteiger partial charge on any atom is -0.496 e. The van der Waals surface area contributed by atoms with Crippen LogP contribution in [0, 0.1) is 12.8 Å². The highest BCUT2D eigenvalue weighted by Crippen LogP contribution is 2.22. The molecule has 17 heavy (non-hydrogen) atoms. The first-order chi connectivity index (χ1) is 7.95. The number of benzene rings is 1. The number of carbonyl (C=O) groups is 1. The van der Waals surface area contributed by atoms with Crippen LogP contribution in [0.4, 0.5) is 0 Å². The molecular formula is C14H21NO2. The van der Waals surface area contributed by atoms with Gasteiger partial charge in [-0.2, -0.15) is 0 Å². The van der Waals surface area contributed by atoms with Crippen molar-refractivity contribution in [3.63, 3.8) is 0 Å². The molecule has 1 rings (SSSR count). The Hall–Kier alpha value is -1.35. The van der Waals surface area contributed by atoms with Crippen LogP contribution in [-0.4, -0.2) is 18.9 Å². The smallest absolute Gasteiger partial charge is 0.168 e. The second kappa shape index (κ2) is 5.82. The molecule has 0 aliphatic carbocycles. The molecule has 0 aliphatic rings. The van der Waals surface area contributed by atoms with Crippen molar-refractivity contribution in [2.75, 3.05) is 7.11 Å². The quantitative estimate of drug-likeness (QED) is 0.798. The van der Waals surface area contributed by atoms with Crippen LogP contribution < -0.4 is 10.5 Å². The molecule has 0 spiro atoms. The van der Waals surface area contributed by atoms with Gasteiger partial charge < -0.3 is 10.5 Å². The SMILES string of the molecule is COc1ccc(C)cc1C(=O)CC(N)C(C)C. The van der Waals surface area contributed by atoms with Gasteiger partial charge in [0.05, 0.1) is 12.7 Å². The molecule has 1 aromatic carbocycles. The van der Waals surface area contributed by atoms with Gasteiger partial charge in [-0.15, -0.1) is 0 Å². The van der Waals surface area contributed by atoms with Crippen molar-refractivity contribution in [2.45, 2.75) is 33.2 Å². The first kappa shape index (κ1) is 13.7. The van der Waals surface area contributed by atoms with Crippen molar-refractivity contribution in [3.05, 3.63) is 29.3 Å². The number of Topliss-reactive ketones (excluding diaryl/α,β-unsaturated/α-hetero) is 1. The predicted molar refractivity (Wildman–Crippen MR) is 69.5 cm³/mol. The number of ether oxygens (including phenoxy) is 1. The van der Waals surface area contributed by atoms with Gasteiger partial charge in [-0.1, -0.05) is 25.5 Å². The summed E-state index contributed by atoms with van der Waals surface area (Å²) >= 11 is 0. The lowest BCUT2D eigenvalue weighted by Gasteiger charge is -2.15. The third-order valence-corrected chi connectivity index (χ3v) is 2.93. The fourth-order valence-electron chi connectivity index (χ4n) is 1.60. The van der Waals surface area contributed by atoms with E-state index in [1.807, 2.05) is 39.0 Å². The lowest BCUT2D eigenvalue weighted by molar-refractivity contribution is 0.0964. The zero-order chi connectivity index (χ0) is 13.0. The molecule has 0 aliphatic heterocycles. The molecule has 3 heteroatoms. The number of methoxy groups -OCH3 is 1. The zero-order valence-electron chi connectivity index (χ0n) is 11.0. The normalized spacial score (nSPS) is 12.6. The highest BCUT2D eigenvalue weighted by atomic mass is 16.5. The molecule has 1 unspecified atom stereocenters. The maximum atomic E-state index is 12.1. The summed E-state index contributed by atoms with van der Waals surface area (Å²) < 4.78 is 5.20. The Morgan fingerprint density at radius 2 is 2.06 bits per heavy atom. The third-order valence-electron chi connectivity index (χ3n) is 2.93. The molecule has 0 aromatic heterocycles.